The molecule has 0 aliphatic heterocycles. The van der Waals surface area contributed by atoms with Crippen molar-refractivity contribution in [3.05, 3.63) is 158 Å². The molecule has 0 bridgehead atoms. The summed E-state index contributed by atoms with van der Waals surface area (Å²) in [5.41, 5.74) is 9.27. The van der Waals surface area contributed by atoms with Gasteiger partial charge in [0.1, 0.15) is 11.2 Å². The molecule has 10 rings (SSSR count). The van der Waals surface area contributed by atoms with Crippen molar-refractivity contribution in [3.8, 4) is 33.4 Å². The van der Waals surface area contributed by atoms with E-state index >= 15 is 0 Å². The predicted molar refractivity (Wildman–Crippen MR) is 198 cm³/mol. The highest BCUT2D eigenvalue weighted by molar-refractivity contribution is 7.26. The summed E-state index contributed by atoms with van der Waals surface area (Å²) < 4.78 is 9.07. The van der Waals surface area contributed by atoms with Crippen LogP contribution in [0.5, 0.6) is 0 Å². The highest BCUT2D eigenvalue weighted by Gasteiger charge is 2.19. The molecule has 0 atom stereocenters. The Balaban J connectivity index is 1.25. The maximum Gasteiger partial charge on any atom is 0.136 e. The number of rotatable bonds is 3. The van der Waals surface area contributed by atoms with E-state index in [0.29, 0.717) is 0 Å². The van der Waals surface area contributed by atoms with Gasteiger partial charge in [-0.1, -0.05) is 127 Å². The van der Waals surface area contributed by atoms with E-state index in [0.717, 1.165) is 16.6 Å². The first-order valence-corrected chi connectivity index (χ1v) is 16.5. The van der Waals surface area contributed by atoms with Gasteiger partial charge >= 0.3 is 0 Å². The molecule has 214 valence electrons. The van der Waals surface area contributed by atoms with Gasteiger partial charge in [0, 0.05) is 30.9 Å². The first kappa shape index (κ1) is 25.6. The van der Waals surface area contributed by atoms with Gasteiger partial charge in [0.15, 0.2) is 0 Å². The smallest absolute Gasteiger partial charge is 0.136 e. The van der Waals surface area contributed by atoms with E-state index in [1.807, 2.05) is 11.3 Å². The van der Waals surface area contributed by atoms with Crippen LogP contribution in [0.15, 0.2) is 162 Å². The number of thiophene rings is 1. The zero-order valence-electron chi connectivity index (χ0n) is 24.8. The number of hydrogen-bond acceptors (Lipinski definition) is 2. The molecule has 0 aliphatic rings. The Morgan fingerprint density at radius 1 is 0.326 bits per heavy atom. The van der Waals surface area contributed by atoms with Crippen LogP contribution in [0.4, 0.5) is 0 Å². The second kappa shape index (κ2) is 9.90. The Kier molecular flexibility index (Phi) is 5.51. The second-order valence-corrected chi connectivity index (χ2v) is 13.1. The van der Waals surface area contributed by atoms with Crippen LogP contribution in [0.3, 0.4) is 0 Å². The van der Waals surface area contributed by atoms with Crippen molar-refractivity contribution in [2.24, 2.45) is 0 Å². The van der Waals surface area contributed by atoms with Crippen LogP contribution in [-0.2, 0) is 0 Å². The zero-order valence-corrected chi connectivity index (χ0v) is 25.6. The van der Waals surface area contributed by atoms with E-state index in [9.17, 15) is 0 Å². The Bertz CT molecular complexity index is 2730. The average molecular weight is 603 g/mol. The largest absolute Gasteiger partial charge is 0.456 e. The maximum absolute atomic E-state index is 6.47. The van der Waals surface area contributed by atoms with Crippen molar-refractivity contribution in [1.82, 2.24) is 0 Å². The zero-order chi connectivity index (χ0) is 30.2. The van der Waals surface area contributed by atoms with E-state index in [1.54, 1.807) is 0 Å². The third kappa shape index (κ3) is 3.74. The molecule has 2 heterocycles. The Labute approximate surface area is 269 Å². The minimum absolute atomic E-state index is 0.922. The van der Waals surface area contributed by atoms with E-state index in [1.165, 1.54) is 80.5 Å². The highest BCUT2D eigenvalue weighted by Crippen LogP contribution is 2.47. The van der Waals surface area contributed by atoms with Crippen molar-refractivity contribution >= 4 is 75.0 Å². The van der Waals surface area contributed by atoms with E-state index in [2.05, 4.69) is 158 Å². The van der Waals surface area contributed by atoms with Crippen LogP contribution < -0.4 is 0 Å². The van der Waals surface area contributed by atoms with E-state index in [-0.39, 0.29) is 0 Å². The molecule has 0 amide bonds. The fourth-order valence-electron chi connectivity index (χ4n) is 7.45. The highest BCUT2D eigenvalue weighted by atomic mass is 32.1. The normalized spacial score (nSPS) is 11.9. The SMILES string of the molecule is c1ccc(-c2ccc(-c3c4ccccc4c(-c4ccc5oc6ccc7sc8ccccc8c7c6c5c4)c4ccccc34)cc2)cc1. The maximum atomic E-state index is 6.47. The molecule has 0 radical (unpaired) electrons. The molecular weight excluding hydrogens is 577 g/mol. The van der Waals surface area contributed by atoms with Gasteiger partial charge in [0.25, 0.3) is 0 Å². The molecule has 2 heteroatoms. The lowest BCUT2D eigenvalue weighted by Crippen LogP contribution is -1.91. The van der Waals surface area contributed by atoms with Gasteiger partial charge < -0.3 is 4.42 Å². The van der Waals surface area contributed by atoms with Crippen LogP contribution in [0.2, 0.25) is 0 Å². The van der Waals surface area contributed by atoms with Crippen LogP contribution in [0.25, 0.3) is 97.0 Å². The Morgan fingerprint density at radius 3 is 1.54 bits per heavy atom. The monoisotopic (exact) mass is 602 g/mol. The summed E-state index contributed by atoms with van der Waals surface area (Å²) in [6.45, 7) is 0. The summed E-state index contributed by atoms with van der Waals surface area (Å²) in [7, 11) is 0. The van der Waals surface area contributed by atoms with Gasteiger partial charge in [-0.2, -0.15) is 0 Å². The number of furan rings is 1. The molecule has 0 N–H and O–H groups in total. The quantitative estimate of drug-likeness (QED) is 0.183. The summed E-state index contributed by atoms with van der Waals surface area (Å²) in [5, 5.41) is 9.96. The molecule has 0 unspecified atom stereocenters. The van der Waals surface area contributed by atoms with Gasteiger partial charge in [0.2, 0.25) is 0 Å². The van der Waals surface area contributed by atoms with Crippen molar-refractivity contribution in [2.75, 3.05) is 0 Å². The van der Waals surface area contributed by atoms with Crippen LogP contribution in [-0.4, -0.2) is 0 Å². The standard InChI is InChI=1S/C44H26OS/c1-2-10-27(11-3-1)28-18-20-29(21-19-28)41-31-12-4-6-14-33(31)42(34-15-7-5-13-32(34)41)30-22-23-37-36(26-30)43-38(45-37)24-25-40-44(43)35-16-8-9-17-39(35)46-40/h1-26H. The molecule has 0 saturated heterocycles. The summed E-state index contributed by atoms with van der Waals surface area (Å²) >= 11 is 1.85. The summed E-state index contributed by atoms with van der Waals surface area (Å²) in [6.07, 6.45) is 0. The van der Waals surface area contributed by atoms with Crippen molar-refractivity contribution in [3.63, 3.8) is 0 Å². The van der Waals surface area contributed by atoms with Gasteiger partial charge in [-0.3, -0.25) is 0 Å². The molecule has 10 aromatic rings. The first-order chi connectivity index (χ1) is 22.8. The fourth-order valence-corrected chi connectivity index (χ4v) is 8.56. The minimum atomic E-state index is 0.922. The second-order valence-electron chi connectivity index (χ2n) is 12.0. The molecule has 1 nitrogen and oxygen atoms in total. The Morgan fingerprint density at radius 2 is 0.848 bits per heavy atom. The average Bonchev–Trinajstić information content (AvgIpc) is 3.69. The molecule has 0 aliphatic carbocycles. The summed E-state index contributed by atoms with van der Waals surface area (Å²) in [5.74, 6) is 0. The molecule has 8 aromatic carbocycles. The van der Waals surface area contributed by atoms with Gasteiger partial charge in [-0.05, 0) is 85.3 Å². The van der Waals surface area contributed by atoms with Crippen LogP contribution in [0.1, 0.15) is 0 Å². The molecule has 0 saturated carbocycles. The topological polar surface area (TPSA) is 13.1 Å². The number of benzene rings is 8. The van der Waals surface area contributed by atoms with Gasteiger partial charge in [-0.15, -0.1) is 11.3 Å². The van der Waals surface area contributed by atoms with Crippen LogP contribution in [0, 0.1) is 0 Å². The lowest BCUT2D eigenvalue weighted by molar-refractivity contribution is 0.669. The first-order valence-electron chi connectivity index (χ1n) is 15.7. The molecule has 2 aromatic heterocycles. The van der Waals surface area contributed by atoms with Crippen LogP contribution >= 0.6 is 11.3 Å². The third-order valence-electron chi connectivity index (χ3n) is 9.47. The molecule has 0 fully saturated rings. The predicted octanol–water partition coefficient (Wildman–Crippen LogP) is 13.3. The van der Waals surface area contributed by atoms with Crippen molar-refractivity contribution < 1.29 is 4.42 Å². The minimum Gasteiger partial charge on any atom is -0.456 e. The molecular formula is C44H26OS. The van der Waals surface area contributed by atoms with E-state index in [4.69, 9.17) is 4.42 Å². The van der Waals surface area contributed by atoms with E-state index < -0.39 is 0 Å². The lowest BCUT2D eigenvalue weighted by Gasteiger charge is -2.18. The van der Waals surface area contributed by atoms with Gasteiger partial charge in [0.05, 0.1) is 0 Å². The fraction of sp³-hybridized carbons (Fsp3) is 0. The van der Waals surface area contributed by atoms with Crippen molar-refractivity contribution in [2.45, 2.75) is 0 Å². The number of hydrogen-bond donors (Lipinski definition) is 0. The third-order valence-corrected chi connectivity index (χ3v) is 10.6. The molecule has 0 spiro atoms. The number of fused-ring (bicyclic) bond motifs is 9. The van der Waals surface area contributed by atoms with Gasteiger partial charge in [-0.25, -0.2) is 0 Å². The summed E-state index contributed by atoms with van der Waals surface area (Å²) in [6, 6.07) is 57.2. The lowest BCUT2D eigenvalue weighted by atomic mass is 9.85. The summed E-state index contributed by atoms with van der Waals surface area (Å²) in [4.78, 5) is 0. The molecule has 46 heavy (non-hydrogen) atoms. The van der Waals surface area contributed by atoms with Crippen molar-refractivity contribution in [1.29, 1.82) is 0 Å². The Hall–Kier alpha value is -5.70.